The van der Waals surface area contributed by atoms with E-state index in [9.17, 15) is 4.79 Å². The van der Waals surface area contributed by atoms with Crippen molar-refractivity contribution in [1.29, 1.82) is 0 Å². The van der Waals surface area contributed by atoms with Crippen LogP contribution in [0.3, 0.4) is 0 Å². The fourth-order valence-electron chi connectivity index (χ4n) is 1.08. The van der Waals surface area contributed by atoms with Gasteiger partial charge in [0.15, 0.2) is 0 Å². The number of thioether (sulfide) groups is 1. The Kier molecular flexibility index (Phi) is 2.39. The van der Waals surface area contributed by atoms with Gasteiger partial charge in [-0.15, -0.1) is 0 Å². The zero-order valence-corrected chi connectivity index (χ0v) is 8.98. The molecule has 1 aliphatic rings. The van der Waals surface area contributed by atoms with Crippen LogP contribution in [0.25, 0.3) is 6.08 Å². The number of nitrogens with zero attached hydrogens (tertiary/aromatic N) is 2. The van der Waals surface area contributed by atoms with Crippen LogP contribution < -0.4 is 5.32 Å². The Morgan fingerprint density at radius 1 is 1.71 bits per heavy atom. The zero-order chi connectivity index (χ0) is 10.1. The van der Waals surface area contributed by atoms with Gasteiger partial charge >= 0.3 is 0 Å². The summed E-state index contributed by atoms with van der Waals surface area (Å²) < 4.78 is 2.20. The number of rotatable bonds is 1. The molecule has 2 heterocycles. The van der Waals surface area contributed by atoms with Crippen molar-refractivity contribution >= 4 is 40.3 Å². The maximum Gasteiger partial charge on any atom is 0.263 e. The van der Waals surface area contributed by atoms with E-state index < -0.39 is 0 Å². The predicted molar refractivity (Wildman–Crippen MR) is 59.5 cm³/mol. The molecule has 1 fully saturated rings. The van der Waals surface area contributed by atoms with E-state index in [1.165, 1.54) is 11.8 Å². The summed E-state index contributed by atoms with van der Waals surface area (Å²) in [5, 5.41) is 6.56. The summed E-state index contributed by atoms with van der Waals surface area (Å²) in [5.41, 5.74) is 0.882. The summed E-state index contributed by atoms with van der Waals surface area (Å²) in [4.78, 5) is 11.9. The second-order valence-corrected chi connectivity index (χ2v) is 4.45. The molecule has 1 aromatic heterocycles. The lowest BCUT2D eigenvalue weighted by Gasteiger charge is -1.94. The molecule has 2 rings (SSSR count). The third-order valence-corrected chi connectivity index (χ3v) is 2.94. The summed E-state index contributed by atoms with van der Waals surface area (Å²) >= 11 is 6.14. The van der Waals surface area contributed by atoms with Gasteiger partial charge in [-0.05, 0) is 12.1 Å². The van der Waals surface area contributed by atoms with Crippen LogP contribution in [-0.2, 0) is 11.8 Å². The summed E-state index contributed by atoms with van der Waals surface area (Å²) in [6.07, 6.45) is 3.45. The van der Waals surface area contributed by atoms with Gasteiger partial charge in [-0.1, -0.05) is 24.0 Å². The topological polar surface area (TPSA) is 46.9 Å². The summed E-state index contributed by atoms with van der Waals surface area (Å²) in [6, 6.07) is 1.84. The number of aromatic nitrogens is 2. The lowest BCUT2D eigenvalue weighted by atomic mass is 10.3. The molecule has 0 unspecified atom stereocenters. The fraction of sp³-hybridized carbons (Fsp3) is 0.125. The minimum Gasteiger partial charge on any atom is -0.307 e. The van der Waals surface area contributed by atoms with Gasteiger partial charge in [0, 0.05) is 13.2 Å². The van der Waals surface area contributed by atoms with E-state index in [0.717, 1.165) is 5.69 Å². The molecule has 14 heavy (non-hydrogen) atoms. The van der Waals surface area contributed by atoms with Crippen molar-refractivity contribution < 1.29 is 4.79 Å². The van der Waals surface area contributed by atoms with Crippen molar-refractivity contribution in [3.63, 3.8) is 0 Å². The Bertz CT molecular complexity index is 436. The van der Waals surface area contributed by atoms with Crippen LogP contribution in [0.2, 0.25) is 0 Å². The molecule has 0 aliphatic carbocycles. The van der Waals surface area contributed by atoms with Gasteiger partial charge in [0.25, 0.3) is 5.91 Å². The molecule has 1 N–H and O–H groups in total. The first kappa shape index (κ1) is 9.42. The molecule has 4 nitrogen and oxygen atoms in total. The highest BCUT2D eigenvalue weighted by Crippen LogP contribution is 2.25. The minimum absolute atomic E-state index is 0.138. The molecular weight excluding hydrogens is 218 g/mol. The van der Waals surface area contributed by atoms with E-state index in [0.29, 0.717) is 9.23 Å². The Morgan fingerprint density at radius 2 is 2.50 bits per heavy atom. The normalized spacial score (nSPS) is 19.1. The quantitative estimate of drug-likeness (QED) is 0.570. The number of nitrogens with one attached hydrogen (secondary N) is 1. The van der Waals surface area contributed by atoms with Gasteiger partial charge in [0.2, 0.25) is 0 Å². The number of amides is 1. The lowest BCUT2D eigenvalue weighted by Crippen LogP contribution is -2.17. The molecule has 1 amide bonds. The number of thiocarbonyl (C=S) groups is 1. The second-order valence-electron chi connectivity index (χ2n) is 2.73. The van der Waals surface area contributed by atoms with E-state index in [4.69, 9.17) is 12.2 Å². The first-order valence-electron chi connectivity index (χ1n) is 3.89. The van der Waals surface area contributed by atoms with Gasteiger partial charge in [-0.3, -0.25) is 9.48 Å². The molecular formula is C8H7N3OS2. The molecule has 6 heteroatoms. The highest BCUT2D eigenvalue weighted by Gasteiger charge is 2.22. The molecule has 1 saturated heterocycles. The maximum atomic E-state index is 11.3. The van der Waals surface area contributed by atoms with Gasteiger partial charge in [0.1, 0.15) is 4.32 Å². The van der Waals surface area contributed by atoms with Crippen LogP contribution >= 0.6 is 24.0 Å². The van der Waals surface area contributed by atoms with Crippen molar-refractivity contribution in [1.82, 2.24) is 15.1 Å². The smallest absolute Gasteiger partial charge is 0.263 e. The summed E-state index contributed by atoms with van der Waals surface area (Å²) in [7, 11) is 1.82. The van der Waals surface area contributed by atoms with Crippen LogP contribution in [0.4, 0.5) is 0 Å². The fourth-order valence-corrected chi connectivity index (χ4v) is 2.11. The molecule has 1 aromatic rings. The van der Waals surface area contributed by atoms with Gasteiger partial charge in [0.05, 0.1) is 10.6 Å². The Hall–Kier alpha value is -1.14. The summed E-state index contributed by atoms with van der Waals surface area (Å²) in [5.74, 6) is -0.138. The molecule has 0 atom stereocenters. The molecule has 0 aromatic carbocycles. The van der Waals surface area contributed by atoms with Crippen LogP contribution in [-0.4, -0.2) is 20.0 Å². The SMILES string of the molecule is Cn1nccc1/C=C1\SC(=S)NC1=O. The van der Waals surface area contributed by atoms with Crippen molar-refractivity contribution in [2.45, 2.75) is 0 Å². The van der Waals surface area contributed by atoms with E-state index in [1.807, 2.05) is 13.1 Å². The Morgan fingerprint density at radius 3 is 3.00 bits per heavy atom. The van der Waals surface area contributed by atoms with E-state index in [2.05, 4.69) is 10.4 Å². The molecule has 0 spiro atoms. The Labute approximate surface area is 90.4 Å². The third kappa shape index (κ3) is 1.71. The van der Waals surface area contributed by atoms with E-state index in [-0.39, 0.29) is 5.91 Å². The highest BCUT2D eigenvalue weighted by atomic mass is 32.2. The summed E-state index contributed by atoms with van der Waals surface area (Å²) in [6.45, 7) is 0. The lowest BCUT2D eigenvalue weighted by molar-refractivity contribution is -0.115. The van der Waals surface area contributed by atoms with Gasteiger partial charge in [-0.25, -0.2) is 0 Å². The number of hydrogen-bond donors (Lipinski definition) is 1. The largest absolute Gasteiger partial charge is 0.307 e. The van der Waals surface area contributed by atoms with Crippen LogP contribution in [0, 0.1) is 0 Å². The van der Waals surface area contributed by atoms with Gasteiger partial charge in [-0.2, -0.15) is 5.10 Å². The number of carbonyl (C=O) groups excluding carboxylic acids is 1. The first-order valence-corrected chi connectivity index (χ1v) is 5.12. The first-order chi connectivity index (χ1) is 6.66. The minimum atomic E-state index is -0.138. The molecule has 0 bridgehead atoms. The third-order valence-electron chi connectivity index (χ3n) is 1.78. The highest BCUT2D eigenvalue weighted by molar-refractivity contribution is 8.26. The molecule has 72 valence electrons. The van der Waals surface area contributed by atoms with Crippen molar-refractivity contribution in [3.05, 3.63) is 22.9 Å². The standard InChI is InChI=1S/C8H7N3OS2/c1-11-5(2-3-9-11)4-6-7(12)10-8(13)14-6/h2-4H,1H3,(H,10,12,13)/b6-4-. The number of aryl methyl sites for hydroxylation is 1. The van der Waals surface area contributed by atoms with Crippen molar-refractivity contribution in [3.8, 4) is 0 Å². The van der Waals surface area contributed by atoms with Crippen LogP contribution in [0.1, 0.15) is 5.69 Å². The van der Waals surface area contributed by atoms with Crippen molar-refractivity contribution in [2.24, 2.45) is 7.05 Å². The Balaban J connectivity index is 2.32. The van der Waals surface area contributed by atoms with Crippen LogP contribution in [0.15, 0.2) is 17.2 Å². The van der Waals surface area contributed by atoms with Crippen molar-refractivity contribution in [2.75, 3.05) is 0 Å². The molecule has 0 saturated carbocycles. The van der Waals surface area contributed by atoms with Gasteiger partial charge < -0.3 is 5.32 Å². The maximum absolute atomic E-state index is 11.3. The predicted octanol–water partition coefficient (Wildman–Crippen LogP) is 0.909. The molecule has 1 aliphatic heterocycles. The van der Waals surface area contributed by atoms with E-state index >= 15 is 0 Å². The average Bonchev–Trinajstić information content (AvgIpc) is 2.62. The average molecular weight is 225 g/mol. The molecule has 0 radical (unpaired) electrons. The number of carbonyl (C=O) groups is 1. The number of hydrogen-bond acceptors (Lipinski definition) is 4. The second kappa shape index (κ2) is 3.55. The van der Waals surface area contributed by atoms with Crippen LogP contribution in [0.5, 0.6) is 0 Å². The zero-order valence-electron chi connectivity index (χ0n) is 7.35. The monoisotopic (exact) mass is 225 g/mol. The van der Waals surface area contributed by atoms with E-state index in [1.54, 1.807) is 17.0 Å².